The van der Waals surface area contributed by atoms with Gasteiger partial charge in [-0.2, -0.15) is 0 Å². The molecule has 0 fully saturated rings. The minimum absolute atomic E-state index is 0.0804. The topological polar surface area (TPSA) is 115 Å². The van der Waals surface area contributed by atoms with Crippen molar-refractivity contribution in [1.29, 1.82) is 0 Å². The highest BCUT2D eigenvalue weighted by atomic mass is 16.4. The summed E-state index contributed by atoms with van der Waals surface area (Å²) in [7, 11) is 0. The Kier molecular flexibility index (Phi) is 16.7. The number of hydrogen-bond acceptors (Lipinski definition) is 4. The largest absolute Gasteiger partial charge is 0.478 e. The zero-order valence-corrected chi connectivity index (χ0v) is 26.2. The number of rotatable bonds is 10. The van der Waals surface area contributed by atoms with Gasteiger partial charge in [-0.25, -0.2) is 9.59 Å². The van der Waals surface area contributed by atoms with E-state index in [1.807, 2.05) is 24.3 Å². The number of hydrogen-bond donors (Lipinski definition) is 4. The Morgan fingerprint density at radius 3 is 1.05 bits per heavy atom. The molecule has 2 atom stereocenters. The molecular formula is C34H54O6. The summed E-state index contributed by atoms with van der Waals surface area (Å²) in [6.07, 6.45) is 4.93. The highest BCUT2D eigenvalue weighted by molar-refractivity contribution is 5.88. The van der Waals surface area contributed by atoms with Crippen molar-refractivity contribution < 1.29 is 30.0 Å². The molecule has 40 heavy (non-hydrogen) atoms. The van der Waals surface area contributed by atoms with E-state index in [1.54, 1.807) is 24.3 Å². The van der Waals surface area contributed by atoms with Crippen molar-refractivity contribution in [2.75, 3.05) is 0 Å². The van der Waals surface area contributed by atoms with Crippen LogP contribution in [0, 0.1) is 5.92 Å². The van der Waals surface area contributed by atoms with Gasteiger partial charge in [0, 0.05) is 5.92 Å². The summed E-state index contributed by atoms with van der Waals surface area (Å²) in [4.78, 5) is 21.1. The van der Waals surface area contributed by atoms with Crippen LogP contribution in [-0.2, 0) is 10.8 Å². The van der Waals surface area contributed by atoms with Gasteiger partial charge in [-0.3, -0.25) is 0 Å². The van der Waals surface area contributed by atoms with Crippen molar-refractivity contribution >= 4 is 11.9 Å². The van der Waals surface area contributed by atoms with Gasteiger partial charge in [-0.1, -0.05) is 106 Å². The number of carboxylic acid groups (broad SMARTS) is 2. The van der Waals surface area contributed by atoms with Crippen molar-refractivity contribution in [3.63, 3.8) is 0 Å². The van der Waals surface area contributed by atoms with Gasteiger partial charge >= 0.3 is 11.9 Å². The normalized spacial score (nSPS) is 13.6. The number of aliphatic hydroxyl groups is 2. The molecule has 0 radical (unpaired) electrons. The van der Waals surface area contributed by atoms with Crippen LogP contribution in [0.15, 0.2) is 48.5 Å². The second-order valence-electron chi connectivity index (χ2n) is 12.4. The van der Waals surface area contributed by atoms with Gasteiger partial charge in [0.15, 0.2) is 0 Å². The van der Waals surface area contributed by atoms with Crippen molar-refractivity contribution in [2.45, 2.75) is 124 Å². The van der Waals surface area contributed by atoms with E-state index in [0.717, 1.165) is 49.7 Å². The maximum Gasteiger partial charge on any atom is 0.335 e. The summed E-state index contributed by atoms with van der Waals surface area (Å²) >= 11 is 0. The monoisotopic (exact) mass is 558 g/mol. The average Bonchev–Trinajstić information content (AvgIpc) is 2.87. The Bertz CT molecular complexity index is 902. The molecule has 0 heterocycles. The third kappa shape index (κ3) is 14.1. The maximum absolute atomic E-state index is 10.6. The molecule has 0 aromatic heterocycles. The minimum Gasteiger partial charge on any atom is -0.478 e. The molecule has 0 saturated heterocycles. The van der Waals surface area contributed by atoms with E-state index in [4.69, 9.17) is 10.2 Å². The van der Waals surface area contributed by atoms with Crippen LogP contribution < -0.4 is 0 Å². The van der Waals surface area contributed by atoms with E-state index in [9.17, 15) is 19.8 Å². The predicted octanol–water partition coefficient (Wildman–Crippen LogP) is 8.09. The van der Waals surface area contributed by atoms with Crippen LogP contribution in [0.3, 0.4) is 0 Å². The molecule has 0 aliphatic rings. The third-order valence-corrected chi connectivity index (χ3v) is 6.78. The molecule has 0 bridgehead atoms. The molecule has 0 aliphatic heterocycles. The minimum atomic E-state index is -0.875. The Hall–Kier alpha value is -2.70. The lowest BCUT2D eigenvalue weighted by Gasteiger charge is -2.27. The molecule has 2 aromatic carbocycles. The molecule has 4 N–H and O–H groups in total. The summed E-state index contributed by atoms with van der Waals surface area (Å²) in [5.74, 6) is -1.67. The lowest BCUT2D eigenvalue weighted by atomic mass is 9.87. The number of carbonyl (C=O) groups is 2. The summed E-state index contributed by atoms with van der Waals surface area (Å²) in [6, 6.07) is 14.0. The first-order valence-corrected chi connectivity index (χ1v) is 14.5. The fourth-order valence-corrected chi connectivity index (χ4v) is 4.22. The predicted molar refractivity (Wildman–Crippen MR) is 164 cm³/mol. The molecule has 6 heteroatoms. The van der Waals surface area contributed by atoms with E-state index in [1.165, 1.54) is 0 Å². The second kappa shape index (κ2) is 17.9. The molecule has 226 valence electrons. The molecule has 0 spiro atoms. The van der Waals surface area contributed by atoms with Crippen LogP contribution in [0.4, 0.5) is 0 Å². The molecule has 0 saturated carbocycles. The molecule has 0 amide bonds. The first-order chi connectivity index (χ1) is 18.5. The zero-order chi connectivity index (χ0) is 31.1. The Labute approximate surface area is 242 Å². The zero-order valence-electron chi connectivity index (χ0n) is 26.2. The Morgan fingerprint density at radius 2 is 0.850 bits per heavy atom. The highest BCUT2D eigenvalue weighted by Crippen LogP contribution is 2.24. The van der Waals surface area contributed by atoms with Gasteiger partial charge < -0.3 is 20.4 Å². The molecule has 2 rings (SSSR count). The van der Waals surface area contributed by atoms with Crippen molar-refractivity contribution in [2.24, 2.45) is 5.92 Å². The van der Waals surface area contributed by atoms with E-state index in [0.29, 0.717) is 11.1 Å². The molecular weight excluding hydrogens is 504 g/mol. The van der Waals surface area contributed by atoms with Gasteiger partial charge in [-0.05, 0) is 65.5 Å². The van der Waals surface area contributed by atoms with Crippen LogP contribution in [0.25, 0.3) is 0 Å². The van der Waals surface area contributed by atoms with Crippen molar-refractivity contribution in [1.82, 2.24) is 0 Å². The standard InChI is InChI=1S/C12H26O2.2C11H14O2/c1-4-7-10(11(13)8-5-2)12(14)9-6-3;2*1-11(2,3)9-6-4-8(5-7-9)10(12)13/h10-14H,4-9H2,1-3H3;2*4-7H,1-3H3,(H,12,13). The SMILES string of the molecule is CC(C)(C)c1ccc(C(=O)O)cc1.CC(C)(C)c1ccc(C(=O)O)cc1.CCCC(O)C(CCC)C(O)CCC. The third-order valence-electron chi connectivity index (χ3n) is 6.78. The van der Waals surface area contributed by atoms with Gasteiger partial charge in [0.25, 0.3) is 0 Å². The molecule has 2 unspecified atom stereocenters. The molecule has 6 nitrogen and oxygen atoms in total. The van der Waals surface area contributed by atoms with Crippen LogP contribution in [0.5, 0.6) is 0 Å². The Balaban J connectivity index is 0.000000571. The van der Waals surface area contributed by atoms with Crippen molar-refractivity contribution in [3.05, 3.63) is 70.8 Å². The van der Waals surface area contributed by atoms with E-state index in [-0.39, 0.29) is 29.0 Å². The molecule has 2 aromatic rings. The Morgan fingerprint density at radius 1 is 0.575 bits per heavy atom. The number of benzene rings is 2. The van der Waals surface area contributed by atoms with Crippen LogP contribution in [0.2, 0.25) is 0 Å². The summed E-state index contributed by atoms with van der Waals surface area (Å²) < 4.78 is 0. The van der Waals surface area contributed by atoms with E-state index in [2.05, 4.69) is 62.3 Å². The molecule has 0 aliphatic carbocycles. The van der Waals surface area contributed by atoms with Crippen LogP contribution in [0.1, 0.15) is 133 Å². The van der Waals surface area contributed by atoms with Gasteiger partial charge in [-0.15, -0.1) is 0 Å². The first-order valence-electron chi connectivity index (χ1n) is 14.5. The average molecular weight is 559 g/mol. The van der Waals surface area contributed by atoms with E-state index >= 15 is 0 Å². The lowest BCUT2D eigenvalue weighted by molar-refractivity contribution is -0.000754. The number of aromatic carboxylic acids is 2. The number of aliphatic hydroxyl groups excluding tert-OH is 2. The van der Waals surface area contributed by atoms with Crippen LogP contribution in [-0.4, -0.2) is 44.6 Å². The smallest absolute Gasteiger partial charge is 0.335 e. The van der Waals surface area contributed by atoms with Crippen molar-refractivity contribution in [3.8, 4) is 0 Å². The van der Waals surface area contributed by atoms with Gasteiger partial charge in [0.2, 0.25) is 0 Å². The first kappa shape index (κ1) is 37.3. The summed E-state index contributed by atoms with van der Waals surface area (Å²) in [6.45, 7) is 18.8. The van der Waals surface area contributed by atoms with Gasteiger partial charge in [0.05, 0.1) is 23.3 Å². The van der Waals surface area contributed by atoms with Crippen LogP contribution >= 0.6 is 0 Å². The fraction of sp³-hybridized carbons (Fsp3) is 0.588. The summed E-state index contributed by atoms with van der Waals surface area (Å²) in [5, 5.41) is 37.1. The summed E-state index contributed by atoms with van der Waals surface area (Å²) in [5.41, 5.74) is 3.14. The highest BCUT2D eigenvalue weighted by Gasteiger charge is 2.24. The number of carboxylic acids is 2. The van der Waals surface area contributed by atoms with E-state index < -0.39 is 11.9 Å². The second-order valence-corrected chi connectivity index (χ2v) is 12.4. The fourth-order valence-electron chi connectivity index (χ4n) is 4.22. The maximum atomic E-state index is 10.6. The van der Waals surface area contributed by atoms with Gasteiger partial charge in [0.1, 0.15) is 0 Å². The quantitative estimate of drug-likeness (QED) is 0.234. The lowest BCUT2D eigenvalue weighted by Crippen LogP contribution is -2.31.